The van der Waals surface area contributed by atoms with Crippen molar-refractivity contribution < 1.29 is 13.2 Å². The van der Waals surface area contributed by atoms with Gasteiger partial charge in [0.15, 0.2) is 0 Å². The minimum atomic E-state index is -3.57. The molecule has 1 fully saturated rings. The van der Waals surface area contributed by atoms with Gasteiger partial charge in [-0.05, 0) is 29.3 Å². The fourth-order valence-electron chi connectivity index (χ4n) is 4.37. The Morgan fingerprint density at radius 3 is 2.74 bits per heavy atom. The molecule has 2 aromatic carbocycles. The summed E-state index contributed by atoms with van der Waals surface area (Å²) in [5.74, 6) is 0.372. The van der Waals surface area contributed by atoms with Gasteiger partial charge in [0.1, 0.15) is 12.1 Å². The zero-order chi connectivity index (χ0) is 21.8. The number of nitrogen functional groups attached to an aromatic ring is 1. The molecule has 158 valence electrons. The third-order valence-electron chi connectivity index (χ3n) is 5.97. The SMILES string of the molecule is C=C1C(N2CCN(Cc3ccc4c(N)ncnc4c3)C(=O)C2)c2ccccc2S1(=O)=O. The van der Waals surface area contributed by atoms with Crippen LogP contribution < -0.4 is 5.73 Å². The molecule has 2 aliphatic heterocycles. The van der Waals surface area contributed by atoms with Gasteiger partial charge in [-0.2, -0.15) is 0 Å². The summed E-state index contributed by atoms with van der Waals surface area (Å²) in [5, 5.41) is 0.780. The monoisotopic (exact) mass is 435 g/mol. The van der Waals surface area contributed by atoms with Gasteiger partial charge in [0.2, 0.25) is 15.7 Å². The summed E-state index contributed by atoms with van der Waals surface area (Å²) in [6, 6.07) is 12.1. The highest BCUT2D eigenvalue weighted by Crippen LogP contribution is 2.44. The first-order valence-electron chi connectivity index (χ1n) is 9.90. The number of nitrogens with zero attached hydrogens (tertiary/aromatic N) is 4. The number of carbonyl (C=O) groups excluding carboxylic acids is 1. The van der Waals surface area contributed by atoms with Crippen molar-refractivity contribution >= 4 is 32.5 Å². The number of sulfone groups is 1. The van der Waals surface area contributed by atoms with E-state index in [-0.39, 0.29) is 22.3 Å². The van der Waals surface area contributed by atoms with Crippen LogP contribution in [-0.2, 0) is 21.2 Å². The highest BCUT2D eigenvalue weighted by Gasteiger charge is 2.43. The first-order valence-corrected chi connectivity index (χ1v) is 11.4. The smallest absolute Gasteiger partial charge is 0.237 e. The van der Waals surface area contributed by atoms with Crippen LogP contribution in [0.25, 0.3) is 10.9 Å². The van der Waals surface area contributed by atoms with E-state index in [2.05, 4.69) is 16.5 Å². The summed E-state index contributed by atoms with van der Waals surface area (Å²) in [7, 11) is -3.57. The molecular formula is C22H21N5O3S. The lowest BCUT2D eigenvalue weighted by Gasteiger charge is -2.37. The Balaban J connectivity index is 1.35. The maximum atomic E-state index is 12.9. The molecule has 1 saturated heterocycles. The van der Waals surface area contributed by atoms with Crippen LogP contribution in [0.2, 0.25) is 0 Å². The predicted octanol–water partition coefficient (Wildman–Crippen LogP) is 1.90. The summed E-state index contributed by atoms with van der Waals surface area (Å²) in [6.07, 6.45) is 1.42. The highest BCUT2D eigenvalue weighted by atomic mass is 32.2. The molecule has 0 bridgehead atoms. The lowest BCUT2D eigenvalue weighted by atomic mass is 10.0. The van der Waals surface area contributed by atoms with Gasteiger partial charge in [-0.1, -0.05) is 30.8 Å². The van der Waals surface area contributed by atoms with Crippen LogP contribution in [0.15, 0.2) is 65.2 Å². The minimum absolute atomic E-state index is 0.0527. The van der Waals surface area contributed by atoms with Gasteiger partial charge in [-0.15, -0.1) is 0 Å². The van der Waals surface area contributed by atoms with Gasteiger partial charge in [0.05, 0.1) is 27.9 Å². The second-order valence-electron chi connectivity index (χ2n) is 7.81. The number of anilines is 1. The molecule has 3 heterocycles. The maximum absolute atomic E-state index is 12.9. The fourth-order valence-corrected chi connectivity index (χ4v) is 5.97. The lowest BCUT2D eigenvalue weighted by Crippen LogP contribution is -2.50. The molecule has 1 unspecified atom stereocenters. The Bertz CT molecular complexity index is 1340. The topological polar surface area (TPSA) is 109 Å². The Morgan fingerprint density at radius 2 is 1.94 bits per heavy atom. The second-order valence-corrected chi connectivity index (χ2v) is 9.78. The molecule has 5 rings (SSSR count). The Morgan fingerprint density at radius 1 is 1.13 bits per heavy atom. The molecule has 2 N–H and O–H groups in total. The summed E-state index contributed by atoms with van der Waals surface area (Å²) >= 11 is 0. The van der Waals surface area contributed by atoms with E-state index in [0.717, 1.165) is 16.5 Å². The number of piperazine rings is 1. The number of amides is 1. The van der Waals surface area contributed by atoms with Crippen molar-refractivity contribution in [2.75, 3.05) is 25.4 Å². The van der Waals surface area contributed by atoms with Crippen molar-refractivity contribution in [3.05, 3.63) is 71.4 Å². The Hall–Kier alpha value is -3.30. The van der Waals surface area contributed by atoms with Gasteiger partial charge in [-0.3, -0.25) is 9.69 Å². The second kappa shape index (κ2) is 7.14. The average molecular weight is 436 g/mol. The summed E-state index contributed by atoms with van der Waals surface area (Å²) in [4.78, 5) is 25.3. The zero-order valence-electron chi connectivity index (χ0n) is 16.7. The van der Waals surface area contributed by atoms with Crippen LogP contribution in [0, 0.1) is 0 Å². The molecule has 1 aromatic heterocycles. The summed E-state index contributed by atoms with van der Waals surface area (Å²) < 4.78 is 25.4. The molecule has 31 heavy (non-hydrogen) atoms. The molecule has 2 aliphatic rings. The number of hydrogen-bond donors (Lipinski definition) is 1. The molecule has 8 nitrogen and oxygen atoms in total. The van der Waals surface area contributed by atoms with Crippen LogP contribution in [0.5, 0.6) is 0 Å². The van der Waals surface area contributed by atoms with Crippen LogP contribution >= 0.6 is 0 Å². The Labute approximate surface area is 179 Å². The summed E-state index contributed by atoms with van der Waals surface area (Å²) in [6.45, 7) is 5.49. The van der Waals surface area contributed by atoms with E-state index in [0.29, 0.717) is 31.0 Å². The van der Waals surface area contributed by atoms with E-state index in [1.807, 2.05) is 29.2 Å². The average Bonchev–Trinajstić information content (AvgIpc) is 2.96. The first-order chi connectivity index (χ1) is 14.9. The van der Waals surface area contributed by atoms with Gasteiger partial charge in [-0.25, -0.2) is 18.4 Å². The van der Waals surface area contributed by atoms with Crippen molar-refractivity contribution in [3.63, 3.8) is 0 Å². The molecule has 0 spiro atoms. The van der Waals surface area contributed by atoms with E-state index in [4.69, 9.17) is 5.73 Å². The van der Waals surface area contributed by atoms with Gasteiger partial charge in [0, 0.05) is 25.0 Å². The first kappa shape index (κ1) is 19.7. The fraction of sp³-hybridized carbons (Fsp3) is 0.227. The number of nitrogens with two attached hydrogens (primary N) is 1. The number of hydrogen-bond acceptors (Lipinski definition) is 7. The number of rotatable bonds is 3. The zero-order valence-corrected chi connectivity index (χ0v) is 17.5. The van der Waals surface area contributed by atoms with E-state index in [1.165, 1.54) is 6.33 Å². The van der Waals surface area contributed by atoms with Gasteiger partial charge < -0.3 is 10.6 Å². The quantitative estimate of drug-likeness (QED) is 0.669. The van der Waals surface area contributed by atoms with Crippen molar-refractivity contribution in [1.82, 2.24) is 19.8 Å². The molecule has 0 radical (unpaired) electrons. The number of carbonyl (C=O) groups is 1. The maximum Gasteiger partial charge on any atom is 0.237 e. The highest BCUT2D eigenvalue weighted by molar-refractivity contribution is 7.95. The van der Waals surface area contributed by atoms with E-state index in [9.17, 15) is 13.2 Å². The molecule has 3 aromatic rings. The van der Waals surface area contributed by atoms with Crippen molar-refractivity contribution in [2.24, 2.45) is 0 Å². The molecular weight excluding hydrogens is 414 g/mol. The van der Waals surface area contributed by atoms with Crippen LogP contribution in [0.1, 0.15) is 17.2 Å². The summed E-state index contributed by atoms with van der Waals surface area (Å²) in [5.41, 5.74) is 8.26. The van der Waals surface area contributed by atoms with Crippen molar-refractivity contribution in [2.45, 2.75) is 17.5 Å². The minimum Gasteiger partial charge on any atom is -0.383 e. The standard InChI is InChI=1S/C22H21N5O3S/c1-14-21(17-4-2-3-5-19(17)31(14,29)30)27-9-8-26(20(28)12-27)11-15-6-7-16-18(10-15)24-13-25-22(16)23/h2-7,10,13,21H,1,8-9,11-12H2,(H2,23,24,25). The number of fused-ring (bicyclic) bond motifs is 2. The molecule has 0 saturated carbocycles. The van der Waals surface area contributed by atoms with Gasteiger partial charge in [0.25, 0.3) is 0 Å². The van der Waals surface area contributed by atoms with Crippen LogP contribution in [0.4, 0.5) is 5.82 Å². The lowest BCUT2D eigenvalue weighted by molar-refractivity contribution is -0.137. The third-order valence-corrected chi connectivity index (χ3v) is 7.84. The van der Waals surface area contributed by atoms with E-state index in [1.54, 1.807) is 23.1 Å². The molecule has 0 aliphatic carbocycles. The Kier molecular flexibility index (Phi) is 4.53. The van der Waals surface area contributed by atoms with E-state index < -0.39 is 15.9 Å². The van der Waals surface area contributed by atoms with Crippen LogP contribution in [-0.4, -0.2) is 53.7 Å². The molecule has 1 atom stereocenters. The predicted molar refractivity (Wildman–Crippen MR) is 116 cm³/mol. The molecule has 1 amide bonds. The van der Waals surface area contributed by atoms with Gasteiger partial charge >= 0.3 is 0 Å². The number of aromatic nitrogens is 2. The molecule has 9 heteroatoms. The largest absolute Gasteiger partial charge is 0.383 e. The van der Waals surface area contributed by atoms with E-state index >= 15 is 0 Å². The normalized spacial score (nSPS) is 20.9. The third kappa shape index (κ3) is 3.17. The van der Waals surface area contributed by atoms with Crippen LogP contribution in [0.3, 0.4) is 0 Å². The van der Waals surface area contributed by atoms with Crippen molar-refractivity contribution in [3.8, 4) is 0 Å². The number of benzene rings is 2. The van der Waals surface area contributed by atoms with Crippen molar-refractivity contribution in [1.29, 1.82) is 0 Å².